The summed E-state index contributed by atoms with van der Waals surface area (Å²) < 4.78 is 3.42. The molecule has 4 aromatic rings. The molecular weight excluding hydrogens is 398 g/mol. The number of fused-ring (bicyclic) bond motifs is 3. The highest BCUT2D eigenvalue weighted by atomic mass is 32.2. The summed E-state index contributed by atoms with van der Waals surface area (Å²) in [5.74, 6) is 0.294. The van der Waals surface area contributed by atoms with Gasteiger partial charge in [-0.25, -0.2) is 4.57 Å². The summed E-state index contributed by atoms with van der Waals surface area (Å²) in [5, 5.41) is 12.1. The lowest BCUT2D eigenvalue weighted by Gasteiger charge is -2.14. The minimum atomic E-state index is -0.394. The molecular formula is C22H21N5O2S. The second-order valence-corrected chi connectivity index (χ2v) is 8.16. The summed E-state index contributed by atoms with van der Waals surface area (Å²) >= 11 is 1.29. The Hall–Kier alpha value is -3.39. The van der Waals surface area contributed by atoms with Gasteiger partial charge in [0.25, 0.3) is 5.56 Å². The zero-order valence-corrected chi connectivity index (χ0v) is 17.5. The van der Waals surface area contributed by atoms with Crippen molar-refractivity contribution in [2.75, 3.05) is 6.54 Å². The third-order valence-electron chi connectivity index (χ3n) is 4.82. The molecule has 1 N–H and O–H groups in total. The minimum Gasteiger partial charge on any atom is -0.352 e. The van der Waals surface area contributed by atoms with Gasteiger partial charge in [-0.1, -0.05) is 48.2 Å². The van der Waals surface area contributed by atoms with Crippen LogP contribution >= 0.6 is 11.8 Å². The number of hydrogen-bond acceptors (Lipinski definition) is 5. The van der Waals surface area contributed by atoms with Gasteiger partial charge < -0.3 is 5.32 Å². The monoisotopic (exact) mass is 419 g/mol. The third kappa shape index (κ3) is 3.39. The van der Waals surface area contributed by atoms with E-state index in [1.165, 1.54) is 11.8 Å². The van der Waals surface area contributed by atoms with E-state index in [1.54, 1.807) is 16.7 Å². The Bertz CT molecular complexity index is 1320. The van der Waals surface area contributed by atoms with E-state index in [-0.39, 0.29) is 11.5 Å². The van der Waals surface area contributed by atoms with Crippen LogP contribution in [0.2, 0.25) is 0 Å². The van der Waals surface area contributed by atoms with Crippen LogP contribution < -0.4 is 10.9 Å². The van der Waals surface area contributed by atoms with E-state index in [1.807, 2.05) is 60.7 Å². The fourth-order valence-corrected chi connectivity index (χ4v) is 4.19. The topological polar surface area (TPSA) is 81.3 Å². The van der Waals surface area contributed by atoms with Crippen molar-refractivity contribution in [3.8, 4) is 5.69 Å². The highest BCUT2D eigenvalue weighted by Gasteiger charge is 2.22. The summed E-state index contributed by atoms with van der Waals surface area (Å²) in [4.78, 5) is 25.7. The van der Waals surface area contributed by atoms with Crippen LogP contribution in [0.5, 0.6) is 0 Å². The standard InChI is InChI=1S/C22H21N5O2S/c1-4-13-23-19(28)15(3)30-22-25-24-21-26(17-11-7-5-9-14(17)2)20(29)16-10-6-8-12-18(16)27(21)22/h4-12,15H,1,13H2,2-3H3,(H,23,28)/t15-/m0/s1. The van der Waals surface area contributed by atoms with Crippen LogP contribution in [0, 0.1) is 6.92 Å². The van der Waals surface area contributed by atoms with Crippen molar-refractivity contribution >= 4 is 34.3 Å². The van der Waals surface area contributed by atoms with Crippen LogP contribution in [0.15, 0.2) is 71.1 Å². The van der Waals surface area contributed by atoms with Crippen LogP contribution in [0.1, 0.15) is 12.5 Å². The number of para-hydroxylation sites is 2. The maximum absolute atomic E-state index is 13.4. The lowest BCUT2D eigenvalue weighted by Crippen LogP contribution is -2.31. The van der Waals surface area contributed by atoms with Crippen molar-refractivity contribution in [2.45, 2.75) is 24.3 Å². The van der Waals surface area contributed by atoms with Crippen LogP contribution in [0.4, 0.5) is 0 Å². The number of aromatic nitrogens is 4. The Morgan fingerprint density at radius 1 is 1.20 bits per heavy atom. The highest BCUT2D eigenvalue weighted by Crippen LogP contribution is 2.26. The van der Waals surface area contributed by atoms with Crippen LogP contribution in [0.3, 0.4) is 0 Å². The Labute approximate surface area is 177 Å². The summed E-state index contributed by atoms with van der Waals surface area (Å²) in [5.41, 5.74) is 2.24. The number of carbonyl (C=O) groups excluding carboxylic acids is 1. The molecule has 1 atom stereocenters. The molecule has 2 aromatic carbocycles. The van der Waals surface area contributed by atoms with Gasteiger partial charge in [0, 0.05) is 6.54 Å². The van der Waals surface area contributed by atoms with E-state index in [9.17, 15) is 9.59 Å². The number of thioether (sulfide) groups is 1. The molecule has 152 valence electrons. The molecule has 0 unspecified atom stereocenters. The molecule has 0 spiro atoms. The van der Waals surface area contributed by atoms with Gasteiger partial charge in [-0.15, -0.1) is 16.8 Å². The molecule has 0 radical (unpaired) electrons. The van der Waals surface area contributed by atoms with E-state index in [0.717, 1.165) is 11.3 Å². The van der Waals surface area contributed by atoms with Crippen molar-refractivity contribution in [3.63, 3.8) is 0 Å². The second-order valence-electron chi connectivity index (χ2n) is 6.86. The average molecular weight is 420 g/mol. The number of carbonyl (C=O) groups is 1. The first kappa shape index (κ1) is 19.9. The molecule has 8 heteroatoms. The lowest BCUT2D eigenvalue weighted by molar-refractivity contribution is -0.120. The minimum absolute atomic E-state index is 0.117. The molecule has 2 aromatic heterocycles. The molecule has 0 saturated heterocycles. The summed E-state index contributed by atoms with van der Waals surface area (Å²) in [6.07, 6.45) is 1.64. The Kier molecular flexibility index (Phi) is 5.41. The number of benzene rings is 2. The van der Waals surface area contributed by atoms with E-state index in [4.69, 9.17) is 0 Å². The molecule has 0 aliphatic heterocycles. The first-order valence-corrected chi connectivity index (χ1v) is 10.4. The fourth-order valence-electron chi connectivity index (χ4n) is 3.31. The normalized spacial score (nSPS) is 12.2. The van der Waals surface area contributed by atoms with Crippen molar-refractivity contribution < 1.29 is 4.79 Å². The van der Waals surface area contributed by atoms with Gasteiger partial charge in [-0.3, -0.25) is 14.0 Å². The smallest absolute Gasteiger partial charge is 0.267 e. The van der Waals surface area contributed by atoms with Crippen LogP contribution in [0.25, 0.3) is 22.4 Å². The fraction of sp³-hybridized carbons (Fsp3) is 0.182. The molecule has 0 saturated carbocycles. The first-order chi connectivity index (χ1) is 14.5. The van der Waals surface area contributed by atoms with Gasteiger partial charge in [0.15, 0.2) is 5.16 Å². The summed E-state index contributed by atoms with van der Waals surface area (Å²) in [6.45, 7) is 7.78. The number of hydrogen-bond donors (Lipinski definition) is 1. The van der Waals surface area contributed by atoms with Crippen molar-refractivity contribution in [1.82, 2.24) is 24.5 Å². The average Bonchev–Trinajstić information content (AvgIpc) is 3.16. The van der Waals surface area contributed by atoms with Gasteiger partial charge in [0.05, 0.1) is 21.8 Å². The van der Waals surface area contributed by atoms with Crippen LogP contribution in [-0.4, -0.2) is 36.9 Å². The number of nitrogens with one attached hydrogen (secondary N) is 1. The quantitative estimate of drug-likeness (QED) is 0.384. The van der Waals surface area contributed by atoms with E-state index in [2.05, 4.69) is 22.1 Å². The molecule has 7 nitrogen and oxygen atoms in total. The van der Waals surface area contributed by atoms with Gasteiger partial charge >= 0.3 is 0 Å². The number of nitrogens with zero attached hydrogens (tertiary/aromatic N) is 4. The second kappa shape index (κ2) is 8.16. The van der Waals surface area contributed by atoms with Gasteiger partial charge in [-0.05, 0) is 37.6 Å². The van der Waals surface area contributed by atoms with Crippen molar-refractivity contribution in [2.24, 2.45) is 0 Å². The van der Waals surface area contributed by atoms with Gasteiger partial charge in [0.1, 0.15) is 0 Å². The van der Waals surface area contributed by atoms with E-state index in [0.29, 0.717) is 28.4 Å². The highest BCUT2D eigenvalue weighted by molar-refractivity contribution is 8.00. The molecule has 2 heterocycles. The summed E-state index contributed by atoms with van der Waals surface area (Å²) in [7, 11) is 0. The molecule has 4 rings (SSSR count). The molecule has 1 amide bonds. The number of aryl methyl sites for hydroxylation is 1. The SMILES string of the molecule is C=CCNC(=O)[C@H](C)Sc1nnc2n(-c3ccccc3C)c(=O)c3ccccc3n12. The Balaban J connectivity index is 1.94. The first-order valence-electron chi connectivity index (χ1n) is 9.53. The largest absolute Gasteiger partial charge is 0.352 e. The Morgan fingerprint density at radius 3 is 2.70 bits per heavy atom. The molecule has 30 heavy (non-hydrogen) atoms. The number of rotatable bonds is 6. The Morgan fingerprint density at radius 2 is 1.93 bits per heavy atom. The maximum atomic E-state index is 13.4. The summed E-state index contributed by atoms with van der Waals surface area (Å²) in [6, 6.07) is 15.0. The van der Waals surface area contributed by atoms with Gasteiger partial charge in [0.2, 0.25) is 11.7 Å². The molecule has 0 bridgehead atoms. The maximum Gasteiger partial charge on any atom is 0.267 e. The zero-order valence-electron chi connectivity index (χ0n) is 16.7. The molecule has 0 fully saturated rings. The van der Waals surface area contributed by atoms with E-state index < -0.39 is 5.25 Å². The molecule has 0 aliphatic rings. The lowest BCUT2D eigenvalue weighted by atomic mass is 10.2. The van der Waals surface area contributed by atoms with Crippen molar-refractivity contribution in [3.05, 3.63) is 77.1 Å². The predicted molar refractivity (Wildman–Crippen MR) is 119 cm³/mol. The van der Waals surface area contributed by atoms with E-state index >= 15 is 0 Å². The van der Waals surface area contributed by atoms with Crippen molar-refractivity contribution in [1.29, 1.82) is 0 Å². The van der Waals surface area contributed by atoms with Crippen LogP contribution in [-0.2, 0) is 4.79 Å². The molecule has 0 aliphatic carbocycles. The third-order valence-corrected chi connectivity index (χ3v) is 5.87. The van der Waals surface area contributed by atoms with Gasteiger partial charge in [-0.2, -0.15) is 0 Å². The zero-order chi connectivity index (χ0) is 21.3. The number of amides is 1. The predicted octanol–water partition coefficient (Wildman–Crippen LogP) is 3.12.